The highest BCUT2D eigenvalue weighted by Gasteiger charge is 2.13. The molecule has 0 aromatic heterocycles. The maximum absolute atomic E-state index is 11.5. The van der Waals surface area contributed by atoms with Crippen LogP contribution in [0.25, 0.3) is 0 Å². The number of carbonyl (C=O) groups is 2. The third-order valence-corrected chi connectivity index (χ3v) is 2.24. The van der Waals surface area contributed by atoms with Crippen LogP contribution >= 0.6 is 0 Å². The van der Waals surface area contributed by atoms with Crippen molar-refractivity contribution in [2.24, 2.45) is 5.73 Å². The first-order valence-corrected chi connectivity index (χ1v) is 5.49. The Labute approximate surface area is 106 Å². The number of hydrogen-bond acceptors (Lipinski definition) is 3. The van der Waals surface area contributed by atoms with E-state index in [1.807, 2.05) is 0 Å². The van der Waals surface area contributed by atoms with Gasteiger partial charge >= 0.3 is 0 Å². The van der Waals surface area contributed by atoms with Crippen molar-refractivity contribution in [3.05, 3.63) is 42.5 Å². The van der Waals surface area contributed by atoms with Crippen LogP contribution in [-0.4, -0.2) is 24.5 Å². The molecule has 0 unspecified atom stereocenters. The van der Waals surface area contributed by atoms with E-state index in [9.17, 15) is 9.59 Å². The second-order valence-corrected chi connectivity index (χ2v) is 3.68. The first kappa shape index (κ1) is 13.8. The minimum atomic E-state index is -0.621. The molecule has 0 aliphatic rings. The Kier molecular flexibility index (Phi) is 4.92. The normalized spacial score (nSPS) is 11.4. The summed E-state index contributed by atoms with van der Waals surface area (Å²) in [6, 6.07) is 6.28. The fourth-order valence-corrected chi connectivity index (χ4v) is 1.27. The monoisotopic (exact) mass is 248 g/mol. The van der Waals surface area contributed by atoms with Gasteiger partial charge in [0.05, 0.1) is 0 Å². The Hall–Kier alpha value is -2.30. The van der Waals surface area contributed by atoms with Crippen LogP contribution in [-0.2, 0) is 4.79 Å². The number of primary amides is 1. The number of amides is 2. The first-order chi connectivity index (χ1) is 8.54. The van der Waals surface area contributed by atoms with Crippen LogP contribution < -0.4 is 15.8 Å². The highest BCUT2D eigenvalue weighted by Crippen LogP contribution is 2.13. The zero-order valence-electron chi connectivity index (χ0n) is 10.2. The number of nitrogens with two attached hydrogens (primary N) is 1. The van der Waals surface area contributed by atoms with E-state index in [-0.39, 0.29) is 5.91 Å². The fourth-order valence-electron chi connectivity index (χ4n) is 1.27. The summed E-state index contributed by atoms with van der Waals surface area (Å²) in [6.07, 6.45) is 0.969. The van der Waals surface area contributed by atoms with Crippen molar-refractivity contribution in [2.75, 3.05) is 6.54 Å². The largest absolute Gasteiger partial charge is 0.481 e. The molecule has 96 valence electrons. The molecular formula is C13H16N2O3. The van der Waals surface area contributed by atoms with Gasteiger partial charge in [-0.25, -0.2) is 0 Å². The summed E-state index contributed by atoms with van der Waals surface area (Å²) in [7, 11) is 0. The maximum atomic E-state index is 11.5. The molecular weight excluding hydrogens is 232 g/mol. The van der Waals surface area contributed by atoms with Crippen LogP contribution in [0, 0.1) is 0 Å². The number of nitrogens with one attached hydrogen (secondary N) is 1. The third kappa shape index (κ3) is 3.93. The molecule has 0 radical (unpaired) electrons. The maximum Gasteiger partial charge on any atom is 0.261 e. The van der Waals surface area contributed by atoms with Crippen LogP contribution in [0.1, 0.15) is 17.3 Å². The molecule has 0 spiro atoms. The zero-order valence-corrected chi connectivity index (χ0v) is 10.2. The van der Waals surface area contributed by atoms with Crippen molar-refractivity contribution in [3.63, 3.8) is 0 Å². The molecule has 1 aromatic carbocycles. The fraction of sp³-hybridized carbons (Fsp3) is 0.231. The van der Waals surface area contributed by atoms with Gasteiger partial charge in [0, 0.05) is 12.1 Å². The Morgan fingerprint density at radius 1 is 1.44 bits per heavy atom. The van der Waals surface area contributed by atoms with Crippen molar-refractivity contribution in [1.82, 2.24) is 5.32 Å². The van der Waals surface area contributed by atoms with E-state index >= 15 is 0 Å². The Balaban J connectivity index is 2.58. The molecule has 0 aliphatic heterocycles. The highest BCUT2D eigenvalue weighted by molar-refractivity contribution is 5.92. The van der Waals surface area contributed by atoms with Gasteiger partial charge in [-0.15, -0.1) is 6.58 Å². The number of rotatable bonds is 6. The van der Waals surface area contributed by atoms with Crippen molar-refractivity contribution in [2.45, 2.75) is 13.0 Å². The average molecular weight is 248 g/mol. The lowest BCUT2D eigenvalue weighted by atomic mass is 10.2. The summed E-state index contributed by atoms with van der Waals surface area (Å²) >= 11 is 0. The van der Waals surface area contributed by atoms with Crippen molar-refractivity contribution in [3.8, 4) is 5.75 Å². The molecule has 0 saturated carbocycles. The molecule has 0 heterocycles. The molecule has 0 saturated heterocycles. The summed E-state index contributed by atoms with van der Waals surface area (Å²) in [5.74, 6) is -0.228. The highest BCUT2D eigenvalue weighted by atomic mass is 16.5. The Morgan fingerprint density at radius 3 is 2.56 bits per heavy atom. The minimum Gasteiger partial charge on any atom is -0.481 e. The summed E-state index contributed by atoms with van der Waals surface area (Å²) in [6.45, 7) is 5.54. The van der Waals surface area contributed by atoms with Gasteiger partial charge in [0.25, 0.3) is 5.91 Å². The molecule has 1 aromatic rings. The van der Waals surface area contributed by atoms with Crippen LogP contribution in [0.4, 0.5) is 0 Å². The molecule has 0 fully saturated rings. The molecule has 18 heavy (non-hydrogen) atoms. The number of carbonyl (C=O) groups excluding carboxylic acids is 2. The lowest BCUT2D eigenvalue weighted by Gasteiger charge is -2.14. The molecule has 1 atom stereocenters. The topological polar surface area (TPSA) is 81.4 Å². The SMILES string of the molecule is C=CCNC(=O)[C@H](C)Oc1ccc(C(N)=O)cc1. The summed E-state index contributed by atoms with van der Waals surface area (Å²) < 4.78 is 5.41. The number of benzene rings is 1. The van der Waals surface area contributed by atoms with Gasteiger partial charge in [0.1, 0.15) is 5.75 Å². The van der Waals surface area contributed by atoms with Gasteiger partial charge in [0.15, 0.2) is 6.10 Å². The Morgan fingerprint density at radius 2 is 2.06 bits per heavy atom. The van der Waals surface area contributed by atoms with Gasteiger partial charge in [0.2, 0.25) is 5.91 Å². The predicted molar refractivity (Wildman–Crippen MR) is 68.3 cm³/mol. The van der Waals surface area contributed by atoms with E-state index in [1.165, 1.54) is 0 Å². The standard InChI is InChI=1S/C13H16N2O3/c1-3-8-15-13(17)9(2)18-11-6-4-10(5-7-11)12(14)16/h3-7,9H,1,8H2,2H3,(H2,14,16)(H,15,17)/t9-/m0/s1. The van der Waals surface area contributed by atoms with E-state index in [2.05, 4.69) is 11.9 Å². The van der Waals surface area contributed by atoms with Gasteiger partial charge in [-0.05, 0) is 31.2 Å². The van der Waals surface area contributed by atoms with Crippen LogP contribution in [0.5, 0.6) is 5.75 Å². The van der Waals surface area contributed by atoms with E-state index in [0.29, 0.717) is 17.9 Å². The van der Waals surface area contributed by atoms with Gasteiger partial charge < -0.3 is 15.8 Å². The van der Waals surface area contributed by atoms with Crippen LogP contribution in [0.15, 0.2) is 36.9 Å². The van der Waals surface area contributed by atoms with Gasteiger partial charge in [-0.3, -0.25) is 9.59 Å². The molecule has 1 rings (SSSR count). The van der Waals surface area contributed by atoms with Crippen molar-refractivity contribution >= 4 is 11.8 Å². The molecule has 0 aliphatic carbocycles. The smallest absolute Gasteiger partial charge is 0.261 e. The lowest BCUT2D eigenvalue weighted by Crippen LogP contribution is -2.36. The first-order valence-electron chi connectivity index (χ1n) is 5.49. The second kappa shape index (κ2) is 6.44. The number of ether oxygens (including phenoxy) is 1. The summed E-state index contributed by atoms with van der Waals surface area (Å²) in [5, 5.41) is 2.63. The molecule has 5 heteroatoms. The summed E-state index contributed by atoms with van der Waals surface area (Å²) in [5.41, 5.74) is 5.51. The second-order valence-electron chi connectivity index (χ2n) is 3.68. The zero-order chi connectivity index (χ0) is 13.5. The van der Waals surface area contributed by atoms with Crippen molar-refractivity contribution < 1.29 is 14.3 Å². The predicted octanol–water partition coefficient (Wildman–Crippen LogP) is 0.855. The van der Waals surface area contributed by atoms with Crippen LogP contribution in [0.2, 0.25) is 0 Å². The average Bonchev–Trinajstić information content (AvgIpc) is 2.36. The molecule has 2 amide bonds. The third-order valence-electron chi connectivity index (χ3n) is 2.24. The van der Waals surface area contributed by atoms with E-state index < -0.39 is 12.0 Å². The van der Waals surface area contributed by atoms with Crippen molar-refractivity contribution in [1.29, 1.82) is 0 Å². The molecule has 0 bridgehead atoms. The lowest BCUT2D eigenvalue weighted by molar-refractivity contribution is -0.127. The van der Waals surface area contributed by atoms with Gasteiger partial charge in [-0.2, -0.15) is 0 Å². The van der Waals surface area contributed by atoms with Crippen LogP contribution in [0.3, 0.4) is 0 Å². The van der Waals surface area contributed by atoms with E-state index in [4.69, 9.17) is 10.5 Å². The molecule has 3 N–H and O–H groups in total. The minimum absolute atomic E-state index is 0.228. The quantitative estimate of drug-likeness (QED) is 0.732. The number of hydrogen-bond donors (Lipinski definition) is 2. The van der Waals surface area contributed by atoms with E-state index in [1.54, 1.807) is 37.3 Å². The summed E-state index contributed by atoms with van der Waals surface area (Å²) in [4.78, 5) is 22.4. The van der Waals surface area contributed by atoms with Gasteiger partial charge in [-0.1, -0.05) is 6.08 Å². The van der Waals surface area contributed by atoms with E-state index in [0.717, 1.165) is 0 Å². The molecule has 5 nitrogen and oxygen atoms in total. The Bertz CT molecular complexity index is 440.